The first-order valence-corrected chi connectivity index (χ1v) is 4.78. The van der Waals surface area contributed by atoms with Gasteiger partial charge in [0.05, 0.1) is 0 Å². The molecule has 1 heterocycles. The van der Waals surface area contributed by atoms with Gasteiger partial charge in [0.2, 0.25) is 0 Å². The molecule has 0 unspecified atom stereocenters. The van der Waals surface area contributed by atoms with Crippen LogP contribution in [0.4, 0.5) is 8.78 Å². The summed E-state index contributed by atoms with van der Waals surface area (Å²) in [7, 11) is 0. The summed E-state index contributed by atoms with van der Waals surface area (Å²) in [6.07, 6.45) is 1.34. The van der Waals surface area contributed by atoms with Crippen LogP contribution in [0.25, 0.3) is 11.1 Å². The van der Waals surface area contributed by atoms with Crippen molar-refractivity contribution in [1.29, 1.82) is 0 Å². The Kier molecular flexibility index (Phi) is 2.82. The molecule has 5 heteroatoms. The number of rotatable bonds is 2. The van der Waals surface area contributed by atoms with Crippen molar-refractivity contribution in [3.05, 3.63) is 53.9 Å². The van der Waals surface area contributed by atoms with Gasteiger partial charge in [-0.2, -0.15) is 0 Å². The van der Waals surface area contributed by atoms with Gasteiger partial charge < -0.3 is 5.73 Å². The van der Waals surface area contributed by atoms with Gasteiger partial charge in [0, 0.05) is 17.8 Å². The van der Waals surface area contributed by atoms with Gasteiger partial charge in [-0.05, 0) is 23.8 Å². The van der Waals surface area contributed by atoms with Crippen molar-refractivity contribution < 1.29 is 13.6 Å². The van der Waals surface area contributed by atoms with E-state index in [2.05, 4.69) is 4.98 Å². The SMILES string of the molecule is NC(=O)c1ccc(-c2cc(F)cc(F)c2)cn1. The quantitative estimate of drug-likeness (QED) is 0.865. The summed E-state index contributed by atoms with van der Waals surface area (Å²) in [4.78, 5) is 14.6. The first kappa shape index (κ1) is 11.2. The molecular weight excluding hydrogens is 226 g/mol. The van der Waals surface area contributed by atoms with Gasteiger partial charge in [0.1, 0.15) is 17.3 Å². The molecule has 3 nitrogen and oxygen atoms in total. The van der Waals surface area contributed by atoms with Gasteiger partial charge in [-0.25, -0.2) is 8.78 Å². The Morgan fingerprint density at radius 2 is 1.71 bits per heavy atom. The van der Waals surface area contributed by atoms with Crippen LogP contribution in [0.15, 0.2) is 36.5 Å². The molecule has 1 aromatic heterocycles. The fourth-order valence-electron chi connectivity index (χ4n) is 1.43. The van der Waals surface area contributed by atoms with Crippen LogP contribution in [0.3, 0.4) is 0 Å². The highest BCUT2D eigenvalue weighted by atomic mass is 19.1. The molecule has 0 aliphatic heterocycles. The van der Waals surface area contributed by atoms with E-state index in [0.717, 1.165) is 6.07 Å². The average Bonchev–Trinajstić information content (AvgIpc) is 2.28. The Morgan fingerprint density at radius 1 is 1.06 bits per heavy atom. The number of nitrogens with zero attached hydrogens (tertiary/aromatic N) is 1. The Bertz CT molecular complexity index is 547. The van der Waals surface area contributed by atoms with Gasteiger partial charge in [0.25, 0.3) is 5.91 Å². The minimum absolute atomic E-state index is 0.102. The molecule has 1 amide bonds. The van der Waals surface area contributed by atoms with Crippen molar-refractivity contribution in [2.45, 2.75) is 0 Å². The maximum Gasteiger partial charge on any atom is 0.267 e. The normalized spacial score (nSPS) is 10.2. The molecule has 0 aliphatic rings. The lowest BCUT2D eigenvalue weighted by atomic mass is 10.1. The maximum absolute atomic E-state index is 13.0. The summed E-state index contributed by atoms with van der Waals surface area (Å²) in [6.45, 7) is 0. The molecule has 2 aromatic rings. The van der Waals surface area contributed by atoms with E-state index in [1.165, 1.54) is 30.5 Å². The number of pyridine rings is 1. The molecule has 2 rings (SSSR count). The Morgan fingerprint density at radius 3 is 2.18 bits per heavy atom. The van der Waals surface area contributed by atoms with Crippen LogP contribution in [0, 0.1) is 11.6 Å². The topological polar surface area (TPSA) is 56.0 Å². The van der Waals surface area contributed by atoms with E-state index in [1.54, 1.807) is 0 Å². The molecule has 2 N–H and O–H groups in total. The second kappa shape index (κ2) is 4.29. The van der Waals surface area contributed by atoms with Gasteiger partial charge in [-0.1, -0.05) is 6.07 Å². The fourth-order valence-corrected chi connectivity index (χ4v) is 1.43. The average molecular weight is 234 g/mol. The summed E-state index contributed by atoms with van der Waals surface area (Å²) in [5, 5.41) is 0. The highest BCUT2D eigenvalue weighted by Crippen LogP contribution is 2.20. The monoisotopic (exact) mass is 234 g/mol. The summed E-state index contributed by atoms with van der Waals surface area (Å²) in [6, 6.07) is 6.09. The maximum atomic E-state index is 13.0. The number of carbonyl (C=O) groups is 1. The highest BCUT2D eigenvalue weighted by molar-refractivity contribution is 5.91. The zero-order chi connectivity index (χ0) is 12.4. The second-order valence-corrected chi connectivity index (χ2v) is 3.45. The van der Waals surface area contributed by atoms with E-state index in [9.17, 15) is 13.6 Å². The number of primary amides is 1. The van der Waals surface area contributed by atoms with Crippen LogP contribution in [-0.4, -0.2) is 10.9 Å². The minimum atomic E-state index is -0.668. The van der Waals surface area contributed by atoms with Gasteiger partial charge >= 0.3 is 0 Å². The largest absolute Gasteiger partial charge is 0.364 e. The van der Waals surface area contributed by atoms with E-state index in [4.69, 9.17) is 5.73 Å². The van der Waals surface area contributed by atoms with Gasteiger partial charge in [-0.3, -0.25) is 9.78 Å². The zero-order valence-corrected chi connectivity index (χ0v) is 8.65. The molecule has 0 aliphatic carbocycles. The summed E-state index contributed by atoms with van der Waals surface area (Å²) >= 11 is 0. The second-order valence-electron chi connectivity index (χ2n) is 3.45. The Balaban J connectivity index is 2.43. The van der Waals surface area contributed by atoms with Crippen molar-refractivity contribution >= 4 is 5.91 Å². The molecule has 1 aromatic carbocycles. The minimum Gasteiger partial charge on any atom is -0.364 e. The number of benzene rings is 1. The van der Waals surface area contributed by atoms with Crippen molar-refractivity contribution in [2.24, 2.45) is 5.73 Å². The van der Waals surface area contributed by atoms with E-state index in [0.29, 0.717) is 11.1 Å². The predicted molar refractivity (Wildman–Crippen MR) is 58.1 cm³/mol. The van der Waals surface area contributed by atoms with Crippen LogP contribution >= 0.6 is 0 Å². The number of hydrogen-bond acceptors (Lipinski definition) is 2. The lowest BCUT2D eigenvalue weighted by molar-refractivity contribution is 0.0995. The number of hydrogen-bond donors (Lipinski definition) is 1. The first-order chi connectivity index (χ1) is 8.06. The zero-order valence-electron chi connectivity index (χ0n) is 8.65. The van der Waals surface area contributed by atoms with Crippen LogP contribution in [0.1, 0.15) is 10.5 Å². The van der Waals surface area contributed by atoms with Crippen LogP contribution in [0.5, 0.6) is 0 Å². The molecule has 0 spiro atoms. The summed E-state index contributed by atoms with van der Waals surface area (Å²) in [5.74, 6) is -1.99. The highest BCUT2D eigenvalue weighted by Gasteiger charge is 2.05. The van der Waals surface area contributed by atoms with Gasteiger partial charge in [0.15, 0.2) is 0 Å². The van der Waals surface area contributed by atoms with Gasteiger partial charge in [-0.15, -0.1) is 0 Å². The first-order valence-electron chi connectivity index (χ1n) is 4.78. The van der Waals surface area contributed by atoms with E-state index >= 15 is 0 Å². The van der Waals surface area contributed by atoms with Crippen molar-refractivity contribution in [3.63, 3.8) is 0 Å². The fraction of sp³-hybridized carbons (Fsp3) is 0. The molecule has 0 fully saturated rings. The number of halogens is 2. The van der Waals surface area contributed by atoms with Crippen LogP contribution in [-0.2, 0) is 0 Å². The molecule has 0 saturated carbocycles. The smallest absolute Gasteiger partial charge is 0.267 e. The number of carbonyl (C=O) groups excluding carboxylic acids is 1. The van der Waals surface area contributed by atoms with Crippen molar-refractivity contribution in [2.75, 3.05) is 0 Å². The molecular formula is C12H8F2N2O. The number of amides is 1. The lowest BCUT2D eigenvalue weighted by Gasteiger charge is -2.02. The Labute approximate surface area is 95.9 Å². The van der Waals surface area contributed by atoms with E-state index in [1.807, 2.05) is 0 Å². The predicted octanol–water partition coefficient (Wildman–Crippen LogP) is 2.13. The number of nitrogens with two attached hydrogens (primary N) is 1. The molecule has 0 atom stereocenters. The Hall–Kier alpha value is -2.30. The summed E-state index contributed by atoms with van der Waals surface area (Å²) < 4.78 is 26.0. The molecule has 0 saturated heterocycles. The molecule has 0 bridgehead atoms. The van der Waals surface area contributed by atoms with E-state index < -0.39 is 17.5 Å². The van der Waals surface area contributed by atoms with Crippen molar-refractivity contribution in [1.82, 2.24) is 4.98 Å². The molecule has 86 valence electrons. The lowest BCUT2D eigenvalue weighted by Crippen LogP contribution is -2.12. The van der Waals surface area contributed by atoms with E-state index in [-0.39, 0.29) is 5.69 Å². The molecule has 0 radical (unpaired) electrons. The third-order valence-corrected chi connectivity index (χ3v) is 2.21. The number of aromatic nitrogens is 1. The van der Waals surface area contributed by atoms with Crippen LogP contribution < -0.4 is 5.73 Å². The summed E-state index contributed by atoms with van der Waals surface area (Å²) in [5.41, 5.74) is 5.99. The standard InChI is InChI=1S/C12H8F2N2O/c13-9-3-8(4-10(14)5-9)7-1-2-11(12(15)17)16-6-7/h1-6H,(H2,15,17). The van der Waals surface area contributed by atoms with Crippen LogP contribution in [0.2, 0.25) is 0 Å². The third kappa shape index (κ3) is 2.44. The molecule has 17 heavy (non-hydrogen) atoms. The third-order valence-electron chi connectivity index (χ3n) is 2.21. The van der Waals surface area contributed by atoms with Crippen molar-refractivity contribution in [3.8, 4) is 11.1 Å².